The molecule has 4 nitrogen and oxygen atoms in total. The van der Waals surface area contributed by atoms with E-state index in [0.29, 0.717) is 5.92 Å². The molecule has 0 saturated carbocycles. The van der Waals surface area contributed by atoms with Crippen LogP contribution < -0.4 is 10.1 Å². The van der Waals surface area contributed by atoms with Gasteiger partial charge in [-0.1, -0.05) is 6.07 Å². The second-order valence-electron chi connectivity index (χ2n) is 4.91. The summed E-state index contributed by atoms with van der Waals surface area (Å²) in [6.07, 6.45) is 2.37. The Kier molecular flexibility index (Phi) is 4.80. The Morgan fingerprint density at radius 2 is 2.11 bits per heavy atom. The van der Waals surface area contributed by atoms with Gasteiger partial charge in [-0.2, -0.15) is 0 Å². The summed E-state index contributed by atoms with van der Waals surface area (Å²) in [6.45, 7) is 4.24. The standard InChI is InChI=1S/C15H21NO3/c1-11-9-13(19-10-15(17)18-2)3-4-14(11)12-5-7-16-8-6-12/h3-4,9,12,16H,5-8,10H2,1-2H3. The third-order valence-electron chi connectivity index (χ3n) is 3.60. The average Bonchev–Trinajstić information content (AvgIpc) is 2.45. The van der Waals surface area contributed by atoms with Gasteiger partial charge in [-0.15, -0.1) is 0 Å². The molecule has 19 heavy (non-hydrogen) atoms. The van der Waals surface area contributed by atoms with Gasteiger partial charge in [0.05, 0.1) is 7.11 Å². The minimum atomic E-state index is -0.361. The van der Waals surface area contributed by atoms with Crippen molar-refractivity contribution in [3.8, 4) is 5.75 Å². The first-order valence-corrected chi connectivity index (χ1v) is 6.71. The predicted octanol–water partition coefficient (Wildman–Crippen LogP) is 2.01. The minimum absolute atomic E-state index is 0.0391. The molecule has 0 radical (unpaired) electrons. The maximum absolute atomic E-state index is 11.0. The van der Waals surface area contributed by atoms with Gasteiger partial charge in [0.2, 0.25) is 0 Å². The van der Waals surface area contributed by atoms with E-state index < -0.39 is 0 Å². The van der Waals surface area contributed by atoms with Crippen LogP contribution in [0.15, 0.2) is 18.2 Å². The summed E-state index contributed by atoms with van der Waals surface area (Å²) in [5.41, 5.74) is 2.63. The van der Waals surface area contributed by atoms with Crippen molar-refractivity contribution in [1.82, 2.24) is 5.32 Å². The molecule has 1 aromatic carbocycles. The number of aryl methyl sites for hydroxylation is 1. The summed E-state index contributed by atoms with van der Waals surface area (Å²) < 4.78 is 9.95. The Morgan fingerprint density at radius 3 is 2.74 bits per heavy atom. The van der Waals surface area contributed by atoms with E-state index in [2.05, 4.69) is 23.0 Å². The average molecular weight is 263 g/mol. The molecule has 0 amide bonds. The van der Waals surface area contributed by atoms with Crippen molar-refractivity contribution >= 4 is 5.97 Å². The van der Waals surface area contributed by atoms with E-state index in [1.165, 1.54) is 31.1 Å². The Hall–Kier alpha value is -1.55. The second-order valence-corrected chi connectivity index (χ2v) is 4.91. The lowest BCUT2D eigenvalue weighted by Crippen LogP contribution is -2.26. The van der Waals surface area contributed by atoms with Crippen molar-refractivity contribution in [3.05, 3.63) is 29.3 Å². The number of methoxy groups -OCH3 is 1. The van der Waals surface area contributed by atoms with Crippen LogP contribution in [-0.4, -0.2) is 32.8 Å². The first-order chi connectivity index (χ1) is 9.20. The summed E-state index contributed by atoms with van der Waals surface area (Å²) >= 11 is 0. The van der Waals surface area contributed by atoms with Crippen LogP contribution in [-0.2, 0) is 9.53 Å². The zero-order valence-corrected chi connectivity index (χ0v) is 11.6. The molecule has 1 N–H and O–H groups in total. The Balaban J connectivity index is 2.01. The number of ether oxygens (including phenoxy) is 2. The summed E-state index contributed by atoms with van der Waals surface area (Å²) in [5.74, 6) is 0.997. The molecule has 2 rings (SSSR count). The van der Waals surface area contributed by atoms with Crippen molar-refractivity contribution in [3.63, 3.8) is 0 Å². The van der Waals surface area contributed by atoms with Gasteiger partial charge >= 0.3 is 5.97 Å². The third-order valence-corrected chi connectivity index (χ3v) is 3.60. The van der Waals surface area contributed by atoms with E-state index in [9.17, 15) is 4.79 Å². The molecule has 1 saturated heterocycles. The van der Waals surface area contributed by atoms with Crippen LogP contribution in [0.2, 0.25) is 0 Å². The SMILES string of the molecule is COC(=O)COc1ccc(C2CCNCC2)c(C)c1. The van der Waals surface area contributed by atoms with E-state index in [-0.39, 0.29) is 12.6 Å². The van der Waals surface area contributed by atoms with Crippen LogP contribution in [0.3, 0.4) is 0 Å². The molecule has 0 spiro atoms. The molecular formula is C15H21NO3. The van der Waals surface area contributed by atoms with Crippen LogP contribution >= 0.6 is 0 Å². The van der Waals surface area contributed by atoms with Crippen LogP contribution in [0, 0.1) is 6.92 Å². The highest BCUT2D eigenvalue weighted by atomic mass is 16.6. The van der Waals surface area contributed by atoms with Gasteiger partial charge in [0.25, 0.3) is 0 Å². The number of hydrogen-bond donors (Lipinski definition) is 1. The molecule has 1 aliphatic rings. The Bertz CT molecular complexity index is 439. The molecule has 0 aromatic heterocycles. The maximum atomic E-state index is 11.0. The molecule has 1 fully saturated rings. The topological polar surface area (TPSA) is 47.6 Å². The van der Waals surface area contributed by atoms with E-state index in [0.717, 1.165) is 18.8 Å². The lowest BCUT2D eigenvalue weighted by molar-refractivity contribution is -0.142. The predicted molar refractivity (Wildman–Crippen MR) is 73.5 cm³/mol. The second kappa shape index (κ2) is 6.57. The van der Waals surface area contributed by atoms with Gasteiger partial charge in [-0.05, 0) is 62.0 Å². The minimum Gasteiger partial charge on any atom is -0.482 e. The number of benzene rings is 1. The summed E-state index contributed by atoms with van der Waals surface area (Å²) in [4.78, 5) is 11.0. The van der Waals surface area contributed by atoms with Crippen molar-refractivity contribution in [2.24, 2.45) is 0 Å². The molecule has 0 unspecified atom stereocenters. The third kappa shape index (κ3) is 3.70. The fourth-order valence-electron chi connectivity index (χ4n) is 2.53. The molecular weight excluding hydrogens is 242 g/mol. The molecule has 1 aromatic rings. The van der Waals surface area contributed by atoms with Crippen LogP contribution in [0.4, 0.5) is 0 Å². The lowest BCUT2D eigenvalue weighted by Gasteiger charge is -2.24. The highest BCUT2D eigenvalue weighted by molar-refractivity contribution is 5.70. The molecule has 104 valence electrons. The number of esters is 1. The number of piperidine rings is 1. The van der Waals surface area contributed by atoms with Gasteiger partial charge in [0.1, 0.15) is 5.75 Å². The largest absolute Gasteiger partial charge is 0.482 e. The Labute approximate surface area is 114 Å². The van der Waals surface area contributed by atoms with Crippen LogP contribution in [0.1, 0.15) is 29.9 Å². The smallest absolute Gasteiger partial charge is 0.343 e. The van der Waals surface area contributed by atoms with E-state index in [1.807, 2.05) is 12.1 Å². The van der Waals surface area contributed by atoms with Gasteiger partial charge < -0.3 is 14.8 Å². The van der Waals surface area contributed by atoms with Gasteiger partial charge in [-0.25, -0.2) is 4.79 Å². The molecule has 1 aliphatic heterocycles. The highest BCUT2D eigenvalue weighted by Crippen LogP contribution is 2.29. The number of carbonyl (C=O) groups excluding carboxylic acids is 1. The van der Waals surface area contributed by atoms with Crippen molar-refractivity contribution < 1.29 is 14.3 Å². The quantitative estimate of drug-likeness (QED) is 0.844. The zero-order chi connectivity index (χ0) is 13.7. The highest BCUT2D eigenvalue weighted by Gasteiger charge is 2.17. The Morgan fingerprint density at radius 1 is 1.37 bits per heavy atom. The normalized spacial score (nSPS) is 16.1. The summed E-state index contributed by atoms with van der Waals surface area (Å²) in [5, 5.41) is 3.38. The van der Waals surface area contributed by atoms with Crippen molar-refractivity contribution in [2.45, 2.75) is 25.7 Å². The first-order valence-electron chi connectivity index (χ1n) is 6.71. The lowest BCUT2D eigenvalue weighted by atomic mass is 9.87. The zero-order valence-electron chi connectivity index (χ0n) is 11.6. The van der Waals surface area contributed by atoms with Gasteiger partial charge in [0.15, 0.2) is 6.61 Å². The van der Waals surface area contributed by atoms with Gasteiger partial charge in [0, 0.05) is 0 Å². The monoisotopic (exact) mass is 263 g/mol. The van der Waals surface area contributed by atoms with Crippen molar-refractivity contribution in [2.75, 3.05) is 26.8 Å². The fraction of sp³-hybridized carbons (Fsp3) is 0.533. The summed E-state index contributed by atoms with van der Waals surface area (Å²) in [7, 11) is 1.36. The molecule has 0 atom stereocenters. The molecule has 4 heteroatoms. The van der Waals surface area contributed by atoms with Crippen LogP contribution in [0.5, 0.6) is 5.75 Å². The number of hydrogen-bond acceptors (Lipinski definition) is 4. The van der Waals surface area contributed by atoms with E-state index in [1.54, 1.807) is 0 Å². The van der Waals surface area contributed by atoms with E-state index >= 15 is 0 Å². The fourth-order valence-corrected chi connectivity index (χ4v) is 2.53. The number of rotatable bonds is 4. The molecule has 0 bridgehead atoms. The van der Waals surface area contributed by atoms with Gasteiger partial charge in [-0.3, -0.25) is 0 Å². The van der Waals surface area contributed by atoms with Crippen molar-refractivity contribution in [1.29, 1.82) is 0 Å². The maximum Gasteiger partial charge on any atom is 0.343 e. The van der Waals surface area contributed by atoms with Crippen LogP contribution in [0.25, 0.3) is 0 Å². The molecule has 1 heterocycles. The molecule has 0 aliphatic carbocycles. The first kappa shape index (κ1) is 13.9. The number of carbonyl (C=O) groups is 1. The van der Waals surface area contributed by atoms with E-state index in [4.69, 9.17) is 4.74 Å². The summed E-state index contributed by atoms with van der Waals surface area (Å²) in [6, 6.07) is 6.06. The number of nitrogens with one attached hydrogen (secondary N) is 1.